The Kier molecular flexibility index (Phi) is 4.63. The van der Waals surface area contributed by atoms with E-state index in [-0.39, 0.29) is 23.9 Å². The smallest absolute Gasteiger partial charge is 0.214 e. The highest BCUT2D eigenvalue weighted by Crippen LogP contribution is 2.42. The molecule has 3 aliphatic heterocycles. The molecule has 0 radical (unpaired) electrons. The first-order valence-corrected chi connectivity index (χ1v) is 10.8. The van der Waals surface area contributed by atoms with Crippen LogP contribution in [0.1, 0.15) is 30.0 Å². The van der Waals surface area contributed by atoms with Gasteiger partial charge in [-0.05, 0) is 42.5 Å². The van der Waals surface area contributed by atoms with Gasteiger partial charge in [-0.2, -0.15) is 4.31 Å². The molecule has 0 bridgehead atoms. The van der Waals surface area contributed by atoms with Gasteiger partial charge in [0.15, 0.2) is 11.5 Å². The van der Waals surface area contributed by atoms with Gasteiger partial charge < -0.3 is 15.2 Å². The molecule has 0 unspecified atom stereocenters. The van der Waals surface area contributed by atoms with Crippen LogP contribution in [0.15, 0.2) is 12.1 Å². The fourth-order valence-corrected chi connectivity index (χ4v) is 6.47. The van der Waals surface area contributed by atoms with Crippen LogP contribution >= 0.6 is 0 Å². The highest BCUT2D eigenvalue weighted by molar-refractivity contribution is 7.89. The molecule has 1 aromatic carbocycles. The quantitative estimate of drug-likeness (QED) is 0.831. The molecule has 0 amide bonds. The SMILES string of the molecule is COc1cc2c(cc1OC)[C@@H]1C[C@H](N)[C@@H](N3CCCS3(=O)=O)CN1CC2. The number of rotatable bonds is 3. The second-order valence-corrected chi connectivity index (χ2v) is 9.46. The van der Waals surface area contributed by atoms with Gasteiger partial charge in [0.2, 0.25) is 10.0 Å². The Labute approximate surface area is 155 Å². The third-order valence-electron chi connectivity index (χ3n) is 6.03. The van der Waals surface area contributed by atoms with Crippen molar-refractivity contribution in [1.82, 2.24) is 9.21 Å². The first kappa shape index (κ1) is 18.0. The van der Waals surface area contributed by atoms with Gasteiger partial charge in [0.1, 0.15) is 0 Å². The highest BCUT2D eigenvalue weighted by atomic mass is 32.2. The lowest BCUT2D eigenvalue weighted by molar-refractivity contribution is 0.0733. The van der Waals surface area contributed by atoms with Crippen LogP contribution in [0.4, 0.5) is 0 Å². The molecule has 0 aliphatic carbocycles. The number of sulfonamides is 1. The van der Waals surface area contributed by atoms with Crippen LogP contribution in [0.2, 0.25) is 0 Å². The number of benzene rings is 1. The van der Waals surface area contributed by atoms with Gasteiger partial charge in [-0.3, -0.25) is 4.90 Å². The Morgan fingerprint density at radius 2 is 1.88 bits per heavy atom. The summed E-state index contributed by atoms with van der Waals surface area (Å²) >= 11 is 0. The van der Waals surface area contributed by atoms with E-state index in [1.54, 1.807) is 18.5 Å². The molecule has 0 aromatic heterocycles. The molecule has 144 valence electrons. The molecule has 2 fully saturated rings. The summed E-state index contributed by atoms with van der Waals surface area (Å²) in [4.78, 5) is 2.39. The molecule has 3 heterocycles. The van der Waals surface area contributed by atoms with Gasteiger partial charge in [-0.15, -0.1) is 0 Å². The first-order valence-electron chi connectivity index (χ1n) is 9.18. The number of nitrogens with two attached hydrogens (primary N) is 1. The molecule has 4 rings (SSSR count). The Hall–Kier alpha value is -1.35. The maximum atomic E-state index is 12.3. The number of nitrogens with zero attached hydrogens (tertiary/aromatic N) is 2. The summed E-state index contributed by atoms with van der Waals surface area (Å²) in [5.74, 6) is 1.73. The van der Waals surface area contributed by atoms with E-state index < -0.39 is 10.0 Å². The van der Waals surface area contributed by atoms with E-state index in [1.165, 1.54) is 11.1 Å². The van der Waals surface area contributed by atoms with E-state index in [0.29, 0.717) is 19.5 Å². The van der Waals surface area contributed by atoms with Crippen molar-refractivity contribution in [1.29, 1.82) is 0 Å². The van der Waals surface area contributed by atoms with Gasteiger partial charge in [0.05, 0.1) is 26.0 Å². The number of fused-ring (bicyclic) bond motifs is 3. The van der Waals surface area contributed by atoms with Gasteiger partial charge >= 0.3 is 0 Å². The topological polar surface area (TPSA) is 85.1 Å². The van der Waals surface area contributed by atoms with Crippen LogP contribution in [-0.2, 0) is 16.4 Å². The van der Waals surface area contributed by atoms with Crippen LogP contribution in [0.25, 0.3) is 0 Å². The summed E-state index contributed by atoms with van der Waals surface area (Å²) in [6, 6.07) is 4.04. The summed E-state index contributed by atoms with van der Waals surface area (Å²) in [6.07, 6.45) is 2.37. The van der Waals surface area contributed by atoms with E-state index in [9.17, 15) is 8.42 Å². The fraction of sp³-hybridized carbons (Fsp3) is 0.667. The number of piperidine rings is 1. The lowest BCUT2D eigenvalue weighted by Gasteiger charge is -2.48. The van der Waals surface area contributed by atoms with Gasteiger partial charge in [-0.1, -0.05) is 0 Å². The average Bonchev–Trinajstić information content (AvgIpc) is 2.98. The molecular weight excluding hydrogens is 354 g/mol. The predicted molar refractivity (Wildman–Crippen MR) is 99.1 cm³/mol. The van der Waals surface area contributed by atoms with Gasteiger partial charge in [0.25, 0.3) is 0 Å². The van der Waals surface area contributed by atoms with Crippen LogP contribution in [0.5, 0.6) is 11.5 Å². The number of ether oxygens (including phenoxy) is 2. The lowest BCUT2D eigenvalue weighted by Crippen LogP contribution is -2.60. The summed E-state index contributed by atoms with van der Waals surface area (Å²) in [5, 5.41) is 0. The Morgan fingerprint density at radius 3 is 2.54 bits per heavy atom. The maximum Gasteiger partial charge on any atom is 0.214 e. The minimum atomic E-state index is -3.15. The molecule has 3 aliphatic rings. The standard InChI is InChI=1S/C18H27N3O4S/c1-24-17-8-12-4-6-20-11-16(21-5-3-7-26(21,22)23)14(19)10-15(20)13(12)9-18(17)25-2/h8-9,14-16H,3-7,10-11,19H2,1-2H3/t14-,15-,16-/m0/s1. The summed E-state index contributed by atoms with van der Waals surface area (Å²) in [6.45, 7) is 2.20. The Bertz CT molecular complexity index is 798. The van der Waals surface area contributed by atoms with Crippen LogP contribution in [0, 0.1) is 0 Å². The lowest BCUT2D eigenvalue weighted by atomic mass is 9.83. The van der Waals surface area contributed by atoms with Gasteiger partial charge in [0, 0.05) is 31.7 Å². The molecule has 0 saturated carbocycles. The van der Waals surface area contributed by atoms with Crippen molar-refractivity contribution in [2.75, 3.05) is 39.6 Å². The molecule has 26 heavy (non-hydrogen) atoms. The van der Waals surface area contributed by atoms with E-state index in [1.807, 2.05) is 0 Å². The van der Waals surface area contributed by atoms with Gasteiger partial charge in [-0.25, -0.2) is 8.42 Å². The highest BCUT2D eigenvalue weighted by Gasteiger charge is 2.44. The van der Waals surface area contributed by atoms with Crippen LogP contribution in [0.3, 0.4) is 0 Å². The number of hydrogen-bond acceptors (Lipinski definition) is 6. The molecule has 2 N–H and O–H groups in total. The molecule has 8 heteroatoms. The average molecular weight is 381 g/mol. The van der Waals surface area contributed by atoms with Crippen molar-refractivity contribution in [2.45, 2.75) is 37.4 Å². The van der Waals surface area contributed by atoms with E-state index in [2.05, 4.69) is 17.0 Å². The van der Waals surface area contributed by atoms with Crippen LogP contribution < -0.4 is 15.2 Å². The second kappa shape index (κ2) is 6.67. The van der Waals surface area contributed by atoms with Crippen molar-refractivity contribution in [3.8, 4) is 11.5 Å². The van der Waals surface area contributed by atoms with E-state index in [0.717, 1.165) is 30.9 Å². The van der Waals surface area contributed by atoms with Crippen molar-refractivity contribution in [2.24, 2.45) is 5.73 Å². The molecule has 7 nitrogen and oxygen atoms in total. The van der Waals surface area contributed by atoms with Crippen LogP contribution in [-0.4, -0.2) is 69.3 Å². The summed E-state index contributed by atoms with van der Waals surface area (Å²) in [5.41, 5.74) is 8.98. The monoisotopic (exact) mass is 381 g/mol. The molecule has 3 atom stereocenters. The number of hydrogen-bond donors (Lipinski definition) is 1. The fourth-order valence-electron chi connectivity index (χ4n) is 4.70. The predicted octanol–water partition coefficient (Wildman–Crippen LogP) is 0.738. The molecule has 1 aromatic rings. The summed E-state index contributed by atoms with van der Waals surface area (Å²) in [7, 11) is 0.147. The van der Waals surface area contributed by atoms with E-state index in [4.69, 9.17) is 15.2 Å². The third-order valence-corrected chi connectivity index (χ3v) is 8.01. The number of methoxy groups -OCH3 is 2. The van der Waals surface area contributed by atoms with Crippen molar-refractivity contribution in [3.05, 3.63) is 23.3 Å². The normalized spacial score (nSPS) is 31.3. The minimum Gasteiger partial charge on any atom is -0.493 e. The third kappa shape index (κ3) is 2.89. The van der Waals surface area contributed by atoms with E-state index >= 15 is 0 Å². The Balaban J connectivity index is 1.63. The van der Waals surface area contributed by atoms with Crippen molar-refractivity contribution in [3.63, 3.8) is 0 Å². The maximum absolute atomic E-state index is 12.3. The molecular formula is C18H27N3O4S. The summed E-state index contributed by atoms with van der Waals surface area (Å²) < 4.78 is 37.2. The zero-order valence-corrected chi connectivity index (χ0v) is 16.2. The minimum absolute atomic E-state index is 0.125. The van der Waals surface area contributed by atoms with Crippen molar-refractivity contribution < 1.29 is 17.9 Å². The zero-order valence-electron chi connectivity index (χ0n) is 15.3. The second-order valence-electron chi connectivity index (χ2n) is 7.41. The molecule has 2 saturated heterocycles. The Morgan fingerprint density at radius 1 is 1.15 bits per heavy atom. The molecule has 0 spiro atoms. The largest absolute Gasteiger partial charge is 0.493 e. The zero-order chi connectivity index (χ0) is 18.5. The first-order chi connectivity index (χ1) is 12.4. The van der Waals surface area contributed by atoms with Crippen molar-refractivity contribution >= 4 is 10.0 Å².